The Kier molecular flexibility index (Phi) is 4.90. The first kappa shape index (κ1) is 11.5. The van der Waals surface area contributed by atoms with Gasteiger partial charge in [-0.1, -0.05) is 6.42 Å². The molecule has 4 nitrogen and oxygen atoms in total. The molecule has 1 atom stereocenters. The lowest BCUT2D eigenvalue weighted by molar-refractivity contribution is -0.143. The molecule has 0 spiro atoms. The molecule has 1 unspecified atom stereocenters. The van der Waals surface area contributed by atoms with E-state index >= 15 is 0 Å². The predicted octanol–water partition coefficient (Wildman–Crippen LogP) is 0.396. The maximum Gasteiger partial charge on any atom is 0.319 e. The number of aliphatic hydroxyl groups is 1. The number of rotatable bonds is 4. The number of nitrogens with zero attached hydrogens (tertiary/aromatic N) is 1. The first-order valence-electron chi connectivity index (χ1n) is 5.19. The fraction of sp³-hybridized carbons (Fsp3) is 0.900. The maximum atomic E-state index is 11.1. The van der Waals surface area contributed by atoms with Gasteiger partial charge in [0.2, 0.25) is 0 Å². The summed E-state index contributed by atoms with van der Waals surface area (Å²) in [6.07, 6.45) is 4.18. The van der Waals surface area contributed by atoms with Crippen molar-refractivity contribution in [2.24, 2.45) is 0 Å². The summed E-state index contributed by atoms with van der Waals surface area (Å²) in [5, 5.41) is 8.88. The second-order valence-corrected chi connectivity index (χ2v) is 3.71. The Labute approximate surface area is 84.8 Å². The first-order valence-corrected chi connectivity index (χ1v) is 5.19. The topological polar surface area (TPSA) is 49.8 Å². The van der Waals surface area contributed by atoms with Crippen LogP contribution in [0.5, 0.6) is 0 Å². The molecule has 14 heavy (non-hydrogen) atoms. The molecule has 0 aliphatic carbocycles. The SMILES string of the molecule is COC(=O)CN1CCCCC1CCO. The van der Waals surface area contributed by atoms with E-state index < -0.39 is 0 Å². The Balaban J connectivity index is 2.41. The third-order valence-corrected chi connectivity index (χ3v) is 2.77. The van der Waals surface area contributed by atoms with Crippen LogP contribution in [0.3, 0.4) is 0 Å². The van der Waals surface area contributed by atoms with E-state index in [-0.39, 0.29) is 12.6 Å². The first-order chi connectivity index (χ1) is 6.77. The number of aliphatic hydroxyl groups excluding tert-OH is 1. The van der Waals surface area contributed by atoms with Crippen LogP contribution in [0.4, 0.5) is 0 Å². The second-order valence-electron chi connectivity index (χ2n) is 3.71. The van der Waals surface area contributed by atoms with Crippen LogP contribution in [-0.4, -0.2) is 48.8 Å². The molecule has 1 aliphatic rings. The molecule has 1 saturated heterocycles. The van der Waals surface area contributed by atoms with Crippen molar-refractivity contribution in [1.82, 2.24) is 4.90 Å². The van der Waals surface area contributed by atoms with Gasteiger partial charge in [-0.2, -0.15) is 0 Å². The van der Waals surface area contributed by atoms with E-state index in [2.05, 4.69) is 9.64 Å². The van der Waals surface area contributed by atoms with Gasteiger partial charge in [0.25, 0.3) is 0 Å². The fourth-order valence-corrected chi connectivity index (χ4v) is 1.97. The molecule has 1 aliphatic heterocycles. The van der Waals surface area contributed by atoms with E-state index in [1.165, 1.54) is 13.5 Å². The minimum Gasteiger partial charge on any atom is -0.468 e. The minimum atomic E-state index is -0.185. The van der Waals surface area contributed by atoms with Crippen molar-refractivity contribution < 1.29 is 14.6 Å². The van der Waals surface area contributed by atoms with Gasteiger partial charge in [0.05, 0.1) is 13.7 Å². The van der Waals surface area contributed by atoms with Crippen LogP contribution in [0, 0.1) is 0 Å². The summed E-state index contributed by atoms with van der Waals surface area (Å²) in [4.78, 5) is 13.2. The van der Waals surface area contributed by atoms with Crippen molar-refractivity contribution in [2.75, 3.05) is 26.8 Å². The molecule has 4 heteroatoms. The van der Waals surface area contributed by atoms with E-state index in [1.54, 1.807) is 0 Å². The third-order valence-electron chi connectivity index (χ3n) is 2.77. The summed E-state index contributed by atoms with van der Waals surface area (Å²) in [7, 11) is 1.41. The average molecular weight is 201 g/mol. The summed E-state index contributed by atoms with van der Waals surface area (Å²) in [5.41, 5.74) is 0. The molecule has 1 rings (SSSR count). The molecule has 0 amide bonds. The number of carbonyl (C=O) groups excluding carboxylic acids is 1. The molecule has 0 aromatic heterocycles. The van der Waals surface area contributed by atoms with Gasteiger partial charge in [-0.05, 0) is 25.8 Å². The maximum absolute atomic E-state index is 11.1. The smallest absolute Gasteiger partial charge is 0.319 e. The lowest BCUT2D eigenvalue weighted by Crippen LogP contribution is -2.43. The number of likely N-dealkylation sites (tertiary alicyclic amines) is 1. The summed E-state index contributed by atoms with van der Waals surface area (Å²) < 4.78 is 4.64. The number of ether oxygens (including phenoxy) is 1. The molecule has 1 heterocycles. The standard InChI is InChI=1S/C10H19NO3/c1-14-10(13)8-11-6-3-2-4-9(11)5-7-12/h9,12H,2-8H2,1H3. The molecular formula is C10H19NO3. The van der Waals surface area contributed by atoms with Gasteiger partial charge in [-0.15, -0.1) is 0 Å². The van der Waals surface area contributed by atoms with Gasteiger partial charge in [-0.25, -0.2) is 0 Å². The molecule has 1 fully saturated rings. The van der Waals surface area contributed by atoms with Gasteiger partial charge < -0.3 is 9.84 Å². The Hall–Kier alpha value is -0.610. The van der Waals surface area contributed by atoms with Crippen molar-refractivity contribution in [2.45, 2.75) is 31.7 Å². The van der Waals surface area contributed by atoms with E-state index in [0.717, 1.165) is 25.8 Å². The van der Waals surface area contributed by atoms with Gasteiger partial charge in [0.15, 0.2) is 0 Å². The van der Waals surface area contributed by atoms with Crippen molar-refractivity contribution in [1.29, 1.82) is 0 Å². The second kappa shape index (κ2) is 5.98. The van der Waals surface area contributed by atoms with Crippen molar-refractivity contribution in [3.63, 3.8) is 0 Å². The van der Waals surface area contributed by atoms with Crippen molar-refractivity contribution in [3.8, 4) is 0 Å². The molecular weight excluding hydrogens is 182 g/mol. The lowest BCUT2D eigenvalue weighted by Gasteiger charge is -2.34. The number of carbonyl (C=O) groups is 1. The van der Waals surface area contributed by atoms with Gasteiger partial charge in [-0.3, -0.25) is 9.69 Å². The summed E-state index contributed by atoms with van der Waals surface area (Å²) in [6.45, 7) is 1.50. The van der Waals surface area contributed by atoms with E-state index in [1.807, 2.05) is 0 Å². The number of methoxy groups -OCH3 is 1. The number of piperidine rings is 1. The highest BCUT2D eigenvalue weighted by Gasteiger charge is 2.23. The Morgan fingerprint density at radius 3 is 3.00 bits per heavy atom. The zero-order valence-corrected chi connectivity index (χ0v) is 8.74. The van der Waals surface area contributed by atoms with Gasteiger partial charge >= 0.3 is 5.97 Å². The Morgan fingerprint density at radius 1 is 1.57 bits per heavy atom. The van der Waals surface area contributed by atoms with Crippen LogP contribution in [0.1, 0.15) is 25.7 Å². The number of hydrogen-bond acceptors (Lipinski definition) is 4. The minimum absolute atomic E-state index is 0.185. The van der Waals surface area contributed by atoms with Crippen LogP contribution in [-0.2, 0) is 9.53 Å². The monoisotopic (exact) mass is 201 g/mol. The molecule has 0 aromatic rings. The lowest BCUT2D eigenvalue weighted by atomic mass is 10.00. The van der Waals surface area contributed by atoms with Crippen LogP contribution < -0.4 is 0 Å². The van der Waals surface area contributed by atoms with E-state index in [9.17, 15) is 4.79 Å². The highest BCUT2D eigenvalue weighted by Crippen LogP contribution is 2.18. The predicted molar refractivity (Wildman–Crippen MR) is 52.9 cm³/mol. The average Bonchev–Trinajstić information content (AvgIpc) is 2.21. The third kappa shape index (κ3) is 3.27. The van der Waals surface area contributed by atoms with Crippen LogP contribution >= 0.6 is 0 Å². The number of esters is 1. The fourth-order valence-electron chi connectivity index (χ4n) is 1.97. The van der Waals surface area contributed by atoms with Crippen LogP contribution in [0.25, 0.3) is 0 Å². The van der Waals surface area contributed by atoms with Crippen LogP contribution in [0.15, 0.2) is 0 Å². The summed E-state index contributed by atoms with van der Waals surface area (Å²) >= 11 is 0. The number of hydrogen-bond donors (Lipinski definition) is 1. The van der Waals surface area contributed by atoms with Crippen LogP contribution in [0.2, 0.25) is 0 Å². The largest absolute Gasteiger partial charge is 0.468 e. The zero-order valence-electron chi connectivity index (χ0n) is 8.74. The molecule has 82 valence electrons. The molecule has 1 N–H and O–H groups in total. The quantitative estimate of drug-likeness (QED) is 0.669. The van der Waals surface area contributed by atoms with Crippen molar-refractivity contribution in [3.05, 3.63) is 0 Å². The zero-order chi connectivity index (χ0) is 10.4. The van der Waals surface area contributed by atoms with Crippen molar-refractivity contribution >= 4 is 5.97 Å². The molecule has 0 radical (unpaired) electrons. The highest BCUT2D eigenvalue weighted by molar-refractivity contribution is 5.71. The van der Waals surface area contributed by atoms with Gasteiger partial charge in [0, 0.05) is 12.6 Å². The normalized spacial score (nSPS) is 23.4. The molecule has 0 aromatic carbocycles. The molecule has 0 bridgehead atoms. The summed E-state index contributed by atoms with van der Waals surface area (Å²) in [6, 6.07) is 0.354. The molecule has 0 saturated carbocycles. The van der Waals surface area contributed by atoms with Gasteiger partial charge in [0.1, 0.15) is 0 Å². The van der Waals surface area contributed by atoms with E-state index in [0.29, 0.717) is 12.6 Å². The Bertz CT molecular complexity index is 182. The highest BCUT2D eigenvalue weighted by atomic mass is 16.5. The van der Waals surface area contributed by atoms with E-state index in [4.69, 9.17) is 5.11 Å². The Morgan fingerprint density at radius 2 is 2.36 bits per heavy atom. The summed E-state index contributed by atoms with van der Waals surface area (Å²) in [5.74, 6) is -0.185.